The second kappa shape index (κ2) is 5.43. The van der Waals surface area contributed by atoms with Crippen LogP contribution < -0.4 is 5.32 Å². The number of hydrogen-bond donors (Lipinski definition) is 2. The lowest BCUT2D eigenvalue weighted by molar-refractivity contribution is 0.0696. The first-order valence-corrected chi connectivity index (χ1v) is 5.44. The highest BCUT2D eigenvalue weighted by molar-refractivity contribution is 6.04. The maximum atomic E-state index is 13.6. The Hall–Kier alpha value is -2.83. The fourth-order valence-electron chi connectivity index (χ4n) is 1.49. The molecule has 0 aliphatic heterocycles. The SMILES string of the molecule is O=C(O)c1ccc(NC(=O)c2cccnc2F)c(F)c1. The van der Waals surface area contributed by atoms with E-state index in [1.165, 1.54) is 18.3 Å². The van der Waals surface area contributed by atoms with Gasteiger partial charge in [0.05, 0.1) is 16.8 Å². The Morgan fingerprint density at radius 3 is 2.55 bits per heavy atom. The van der Waals surface area contributed by atoms with E-state index in [1.807, 2.05) is 0 Å². The number of carboxylic acids is 1. The molecule has 102 valence electrons. The van der Waals surface area contributed by atoms with Gasteiger partial charge in [0.1, 0.15) is 5.82 Å². The van der Waals surface area contributed by atoms with Gasteiger partial charge >= 0.3 is 5.97 Å². The second-order valence-corrected chi connectivity index (χ2v) is 3.80. The number of amides is 1. The molecule has 2 rings (SSSR count). The number of benzene rings is 1. The van der Waals surface area contributed by atoms with Gasteiger partial charge in [-0.2, -0.15) is 4.39 Å². The van der Waals surface area contributed by atoms with E-state index >= 15 is 0 Å². The Labute approximate surface area is 111 Å². The predicted octanol–water partition coefficient (Wildman–Crippen LogP) is 2.31. The second-order valence-electron chi connectivity index (χ2n) is 3.80. The average molecular weight is 278 g/mol. The maximum Gasteiger partial charge on any atom is 0.335 e. The lowest BCUT2D eigenvalue weighted by Gasteiger charge is -2.07. The van der Waals surface area contributed by atoms with Gasteiger partial charge in [-0.15, -0.1) is 0 Å². The minimum atomic E-state index is -1.29. The van der Waals surface area contributed by atoms with Crippen molar-refractivity contribution < 1.29 is 23.5 Å². The number of aromatic nitrogens is 1. The van der Waals surface area contributed by atoms with Crippen LogP contribution in [0, 0.1) is 11.8 Å². The first-order chi connectivity index (χ1) is 9.49. The molecule has 2 N–H and O–H groups in total. The van der Waals surface area contributed by atoms with E-state index in [2.05, 4.69) is 10.3 Å². The average Bonchev–Trinajstić information content (AvgIpc) is 2.41. The highest BCUT2D eigenvalue weighted by atomic mass is 19.1. The lowest BCUT2D eigenvalue weighted by Crippen LogP contribution is -2.15. The highest BCUT2D eigenvalue weighted by Gasteiger charge is 2.15. The summed E-state index contributed by atoms with van der Waals surface area (Å²) >= 11 is 0. The summed E-state index contributed by atoms with van der Waals surface area (Å²) in [6.07, 6.45) is 1.17. The van der Waals surface area contributed by atoms with E-state index in [1.54, 1.807) is 0 Å². The predicted molar refractivity (Wildman–Crippen MR) is 65.5 cm³/mol. The maximum absolute atomic E-state index is 13.6. The molecule has 20 heavy (non-hydrogen) atoms. The topological polar surface area (TPSA) is 79.3 Å². The molecule has 5 nitrogen and oxygen atoms in total. The number of rotatable bonds is 3. The van der Waals surface area contributed by atoms with Crippen molar-refractivity contribution in [2.45, 2.75) is 0 Å². The van der Waals surface area contributed by atoms with Crippen LogP contribution in [0.3, 0.4) is 0 Å². The van der Waals surface area contributed by atoms with Crippen molar-refractivity contribution in [1.82, 2.24) is 4.98 Å². The molecular weight excluding hydrogens is 270 g/mol. The zero-order valence-electron chi connectivity index (χ0n) is 9.93. The molecule has 0 atom stereocenters. The van der Waals surface area contributed by atoms with Crippen LogP contribution in [0.4, 0.5) is 14.5 Å². The third-order valence-corrected chi connectivity index (χ3v) is 2.47. The molecule has 0 aliphatic carbocycles. The van der Waals surface area contributed by atoms with Gasteiger partial charge in [0.2, 0.25) is 5.95 Å². The van der Waals surface area contributed by atoms with Crippen molar-refractivity contribution in [1.29, 1.82) is 0 Å². The molecule has 1 amide bonds. The van der Waals surface area contributed by atoms with Gasteiger partial charge in [0.15, 0.2) is 0 Å². The summed E-state index contributed by atoms with van der Waals surface area (Å²) in [5, 5.41) is 10.8. The largest absolute Gasteiger partial charge is 0.478 e. The van der Waals surface area contributed by atoms with E-state index in [9.17, 15) is 18.4 Å². The quantitative estimate of drug-likeness (QED) is 0.844. The molecule has 0 fully saturated rings. The Morgan fingerprint density at radius 1 is 1.20 bits per heavy atom. The van der Waals surface area contributed by atoms with Crippen LogP contribution in [0.5, 0.6) is 0 Å². The first-order valence-electron chi connectivity index (χ1n) is 5.44. The van der Waals surface area contributed by atoms with Crippen LogP contribution in [0.2, 0.25) is 0 Å². The molecule has 0 aliphatic rings. The van der Waals surface area contributed by atoms with E-state index < -0.39 is 23.6 Å². The molecule has 1 aromatic heterocycles. The Balaban J connectivity index is 2.25. The van der Waals surface area contributed by atoms with E-state index in [-0.39, 0.29) is 16.8 Å². The number of anilines is 1. The number of hydrogen-bond acceptors (Lipinski definition) is 3. The summed E-state index contributed by atoms with van der Waals surface area (Å²) in [5.41, 5.74) is -0.842. The van der Waals surface area contributed by atoms with Crippen molar-refractivity contribution in [3.8, 4) is 0 Å². The van der Waals surface area contributed by atoms with Crippen LogP contribution in [-0.4, -0.2) is 22.0 Å². The summed E-state index contributed by atoms with van der Waals surface area (Å²) in [4.78, 5) is 25.7. The smallest absolute Gasteiger partial charge is 0.335 e. The molecule has 0 saturated carbocycles. The summed E-state index contributed by atoms with van der Waals surface area (Å²) in [5.74, 6) is -4.08. The Morgan fingerprint density at radius 2 is 1.95 bits per heavy atom. The zero-order chi connectivity index (χ0) is 14.7. The summed E-state index contributed by atoms with van der Waals surface area (Å²) in [7, 11) is 0. The number of carboxylic acid groups (broad SMARTS) is 1. The third-order valence-electron chi connectivity index (χ3n) is 2.47. The number of halogens is 2. The lowest BCUT2D eigenvalue weighted by atomic mass is 10.2. The standard InChI is InChI=1S/C13H8F2N2O3/c14-9-6-7(13(19)20)3-4-10(9)17-12(18)8-2-1-5-16-11(8)15/h1-6H,(H,17,18)(H,19,20). The van der Waals surface area contributed by atoms with Crippen LogP contribution in [-0.2, 0) is 0 Å². The van der Waals surface area contributed by atoms with Crippen LogP contribution in [0.25, 0.3) is 0 Å². The van der Waals surface area contributed by atoms with E-state index in [4.69, 9.17) is 5.11 Å². The van der Waals surface area contributed by atoms with Crippen molar-refractivity contribution in [3.05, 3.63) is 59.4 Å². The molecule has 0 bridgehead atoms. The number of nitrogens with one attached hydrogen (secondary N) is 1. The number of pyridine rings is 1. The monoisotopic (exact) mass is 278 g/mol. The molecule has 1 heterocycles. The van der Waals surface area contributed by atoms with Gasteiger partial charge in [-0.3, -0.25) is 4.79 Å². The van der Waals surface area contributed by atoms with Crippen molar-refractivity contribution in [2.75, 3.05) is 5.32 Å². The Kier molecular flexibility index (Phi) is 3.69. The number of carbonyl (C=O) groups excluding carboxylic acids is 1. The van der Waals surface area contributed by atoms with E-state index in [0.717, 1.165) is 18.2 Å². The summed E-state index contributed by atoms with van der Waals surface area (Å²) in [6, 6.07) is 5.53. The van der Waals surface area contributed by atoms with Crippen molar-refractivity contribution in [3.63, 3.8) is 0 Å². The molecule has 0 unspecified atom stereocenters. The normalized spacial score (nSPS) is 10.1. The molecule has 0 saturated heterocycles. The van der Waals surface area contributed by atoms with Gasteiger partial charge < -0.3 is 10.4 Å². The summed E-state index contributed by atoms with van der Waals surface area (Å²) < 4.78 is 26.9. The summed E-state index contributed by atoms with van der Waals surface area (Å²) in [6.45, 7) is 0. The van der Waals surface area contributed by atoms with Crippen LogP contribution in [0.1, 0.15) is 20.7 Å². The third kappa shape index (κ3) is 2.77. The van der Waals surface area contributed by atoms with E-state index in [0.29, 0.717) is 0 Å². The molecular formula is C13H8F2N2O3. The Bertz CT molecular complexity index is 689. The number of nitrogens with zero attached hydrogens (tertiary/aromatic N) is 1. The fourth-order valence-corrected chi connectivity index (χ4v) is 1.49. The first kappa shape index (κ1) is 13.6. The van der Waals surface area contributed by atoms with Crippen molar-refractivity contribution in [2.24, 2.45) is 0 Å². The molecule has 1 aromatic carbocycles. The van der Waals surface area contributed by atoms with Gasteiger partial charge in [0.25, 0.3) is 5.91 Å². The molecule has 2 aromatic rings. The van der Waals surface area contributed by atoms with Gasteiger partial charge in [-0.1, -0.05) is 0 Å². The molecule has 0 radical (unpaired) electrons. The fraction of sp³-hybridized carbons (Fsp3) is 0. The minimum absolute atomic E-state index is 0.247. The minimum Gasteiger partial charge on any atom is -0.478 e. The van der Waals surface area contributed by atoms with Crippen LogP contribution in [0.15, 0.2) is 36.5 Å². The van der Waals surface area contributed by atoms with Gasteiger partial charge in [-0.25, -0.2) is 14.2 Å². The van der Waals surface area contributed by atoms with Gasteiger partial charge in [-0.05, 0) is 30.3 Å². The van der Waals surface area contributed by atoms with Gasteiger partial charge in [0, 0.05) is 6.20 Å². The highest BCUT2D eigenvalue weighted by Crippen LogP contribution is 2.17. The number of aromatic carboxylic acids is 1. The molecule has 0 spiro atoms. The zero-order valence-corrected chi connectivity index (χ0v) is 9.93. The van der Waals surface area contributed by atoms with Crippen molar-refractivity contribution >= 4 is 17.6 Å². The molecule has 7 heteroatoms. The number of carbonyl (C=O) groups is 2. The van der Waals surface area contributed by atoms with Crippen LogP contribution >= 0.6 is 0 Å².